The van der Waals surface area contributed by atoms with Crippen LogP contribution >= 0.6 is 0 Å². The van der Waals surface area contributed by atoms with Crippen LogP contribution in [0.5, 0.6) is 0 Å². The number of aliphatic carboxylic acids is 1. The Bertz CT molecular complexity index is 2220. The molecular weight excluding hydrogens is 1370 g/mol. The molecule has 23 nitrogen and oxygen atoms in total. The van der Waals surface area contributed by atoms with Crippen LogP contribution in [0.4, 0.5) is 0 Å². The highest BCUT2D eigenvalue weighted by molar-refractivity contribution is 5.77. The predicted molar refractivity (Wildman–Crippen MR) is 417 cm³/mol. The first-order valence-corrected chi connectivity index (χ1v) is 43.2. The Kier molecular flexibility index (Phi) is 57.6. The second kappa shape index (κ2) is 62.6. The fourth-order valence-corrected chi connectivity index (χ4v) is 15.1. The highest BCUT2D eigenvalue weighted by Crippen LogP contribution is 2.39. The molecule has 107 heavy (non-hydrogen) atoms. The maximum absolute atomic E-state index is 13.6. The minimum Gasteiger partial charge on any atom is -0.477 e. The average molecular weight is 1530 g/mol. The van der Waals surface area contributed by atoms with Gasteiger partial charge in [-0.05, 0) is 44.9 Å². The van der Waals surface area contributed by atoms with E-state index < -0.39 is 148 Å². The lowest BCUT2D eigenvalue weighted by atomic mass is 9.88. The lowest BCUT2D eigenvalue weighted by Gasteiger charge is -2.50. The van der Waals surface area contributed by atoms with Crippen molar-refractivity contribution in [2.45, 2.75) is 464 Å². The zero-order valence-corrected chi connectivity index (χ0v) is 66.8. The number of aliphatic hydroxyl groups excluding tert-OH is 11. The zero-order valence-electron chi connectivity index (χ0n) is 66.8. The molecule has 23 heteroatoms. The number of carbonyl (C=O) groups is 3. The first-order chi connectivity index (χ1) is 51.9. The maximum Gasteiger partial charge on any atom is 0.364 e. The molecule has 0 aromatic heterocycles. The summed E-state index contributed by atoms with van der Waals surface area (Å²) in [4.78, 5) is 38.7. The van der Waals surface area contributed by atoms with Crippen molar-refractivity contribution < 1.29 is 104 Å². The summed E-state index contributed by atoms with van der Waals surface area (Å²) in [5.41, 5.74) is 0. The number of hydrogen-bond donors (Lipinski definition) is 14. The van der Waals surface area contributed by atoms with Gasteiger partial charge in [0.25, 0.3) is 5.79 Å². The molecule has 3 fully saturated rings. The second-order valence-electron chi connectivity index (χ2n) is 31.4. The van der Waals surface area contributed by atoms with Crippen molar-refractivity contribution in [3.8, 4) is 0 Å². The van der Waals surface area contributed by atoms with E-state index in [4.69, 9.17) is 28.4 Å². The smallest absolute Gasteiger partial charge is 0.364 e. The van der Waals surface area contributed by atoms with E-state index in [1.54, 1.807) is 0 Å². The molecule has 628 valence electrons. The van der Waals surface area contributed by atoms with Crippen molar-refractivity contribution in [1.29, 1.82) is 0 Å². The molecule has 0 bridgehead atoms. The van der Waals surface area contributed by atoms with Crippen LogP contribution in [0.2, 0.25) is 0 Å². The van der Waals surface area contributed by atoms with E-state index in [9.17, 15) is 75.7 Å². The third kappa shape index (κ3) is 42.2. The van der Waals surface area contributed by atoms with Crippen molar-refractivity contribution in [2.75, 3.05) is 26.4 Å². The number of nitrogens with one attached hydrogen (secondary N) is 2. The van der Waals surface area contributed by atoms with Gasteiger partial charge >= 0.3 is 5.97 Å². The topological polar surface area (TPSA) is 373 Å². The average Bonchev–Trinajstić information content (AvgIpc) is 0.754. The van der Waals surface area contributed by atoms with E-state index in [0.29, 0.717) is 19.3 Å². The molecule has 2 amide bonds. The molecule has 3 aliphatic rings. The van der Waals surface area contributed by atoms with Gasteiger partial charge < -0.3 is 100 Å². The van der Waals surface area contributed by atoms with Gasteiger partial charge in [-0.15, -0.1) is 0 Å². The number of unbranched alkanes of at least 4 members (excludes halogenated alkanes) is 45. The normalized spacial score (nSPS) is 26.1. The summed E-state index contributed by atoms with van der Waals surface area (Å²) in [7, 11) is 0. The number of carboxylic acid groups (broad SMARTS) is 1. The summed E-state index contributed by atoms with van der Waals surface area (Å²) < 4.78 is 35.0. The minimum atomic E-state index is -3.08. The van der Waals surface area contributed by atoms with Gasteiger partial charge in [0.2, 0.25) is 11.8 Å². The molecule has 3 heterocycles. The van der Waals surface area contributed by atoms with Gasteiger partial charge in [-0.1, -0.05) is 314 Å². The molecule has 18 atom stereocenters. The fourth-order valence-electron chi connectivity index (χ4n) is 15.1. The van der Waals surface area contributed by atoms with Gasteiger partial charge in [-0.2, -0.15) is 0 Å². The van der Waals surface area contributed by atoms with Crippen molar-refractivity contribution >= 4 is 17.8 Å². The molecule has 0 saturated carbocycles. The molecule has 0 radical (unpaired) electrons. The predicted octanol–water partition coefficient (Wildman–Crippen LogP) is 12.7. The number of hydrogen-bond acceptors (Lipinski definition) is 20. The SMILES string of the molecule is CCCCCCCCCCCCCCCCC/C=C\C/C=C\CCCCCCCCCCCCCCCCCCCC(=O)NC(COC1OC(CO)C(OC2OC(CO)C(O)C(OC3(C(=O)O)CC(O)C(NC(C)=O)C(C(O)C(O)CO)O3)C2O)C(O)C1O)C(O)CCCCCCCCCCCCCCCC. The van der Waals surface area contributed by atoms with Gasteiger partial charge in [0.15, 0.2) is 12.6 Å². The molecule has 14 N–H and O–H groups in total. The van der Waals surface area contributed by atoms with Gasteiger partial charge in [-0.25, -0.2) is 4.79 Å². The molecule has 3 saturated heterocycles. The third-order valence-corrected chi connectivity index (χ3v) is 21.9. The lowest BCUT2D eigenvalue weighted by molar-refractivity contribution is -0.386. The van der Waals surface area contributed by atoms with Gasteiger partial charge in [0, 0.05) is 19.8 Å². The maximum atomic E-state index is 13.6. The van der Waals surface area contributed by atoms with E-state index in [0.717, 1.165) is 64.7 Å². The first-order valence-electron chi connectivity index (χ1n) is 43.2. The number of carbonyl (C=O) groups excluding carboxylic acids is 2. The zero-order chi connectivity index (χ0) is 78.1. The summed E-state index contributed by atoms with van der Waals surface area (Å²) >= 11 is 0. The van der Waals surface area contributed by atoms with E-state index >= 15 is 0 Å². The molecular formula is C84H156N2O21. The van der Waals surface area contributed by atoms with Gasteiger partial charge in [-0.3, -0.25) is 9.59 Å². The number of aliphatic hydroxyl groups is 11. The summed E-state index contributed by atoms with van der Waals surface area (Å²) in [6, 6.07) is -2.53. The lowest BCUT2D eigenvalue weighted by Crippen LogP contribution is -2.70. The Morgan fingerprint density at radius 1 is 0.486 bits per heavy atom. The number of rotatable bonds is 69. The molecule has 3 rings (SSSR count). The Balaban J connectivity index is 1.39. The second-order valence-corrected chi connectivity index (χ2v) is 31.4. The summed E-state index contributed by atoms with van der Waals surface area (Å²) in [5, 5.41) is 136. The molecule has 0 aromatic rings. The molecule has 18 unspecified atom stereocenters. The standard InChI is InChI=1S/C84H156N2O21/c1-4-6-8-10-12-14-16-18-20-21-22-23-24-25-26-27-28-29-30-31-32-33-34-35-36-37-38-39-40-41-42-43-44-46-48-50-52-54-56-58-71(94)86-65(66(91)57-55-53-51-49-47-45-19-17-15-13-11-9-7-5-2)63-102-81-76(98)75(97)78(70(62-89)104-81)105-82-77(99)80(74(96)69(61-88)103-82)107-84(83(100)101)59-67(92)72(85-64(3)90)79(106-84)73(95)68(93)60-87/h28-29,31-32,65-70,72-82,87-89,91-93,95-99H,4-27,30,33-63H2,1-3H3,(H,85,90)(H,86,94)(H,100,101)/b29-28-,32-31-. The summed E-state index contributed by atoms with van der Waals surface area (Å²) in [6.45, 7) is 2.24. The van der Waals surface area contributed by atoms with Crippen LogP contribution in [-0.4, -0.2) is 215 Å². The van der Waals surface area contributed by atoms with E-state index in [1.165, 1.54) is 244 Å². The molecule has 0 aromatic carbocycles. The summed E-state index contributed by atoms with van der Waals surface area (Å²) in [5.74, 6) is -6.09. The Morgan fingerprint density at radius 2 is 0.897 bits per heavy atom. The number of amides is 2. The number of carboxylic acids is 1. The van der Waals surface area contributed by atoms with Crippen molar-refractivity contribution in [1.82, 2.24) is 10.6 Å². The van der Waals surface area contributed by atoms with E-state index in [1.807, 2.05) is 0 Å². The monoisotopic (exact) mass is 1530 g/mol. The van der Waals surface area contributed by atoms with Crippen LogP contribution in [0.1, 0.15) is 355 Å². The Hall–Kier alpha value is -2.79. The van der Waals surface area contributed by atoms with Crippen LogP contribution < -0.4 is 10.6 Å². The number of ether oxygens (including phenoxy) is 6. The molecule has 0 aliphatic carbocycles. The minimum absolute atomic E-state index is 0.226. The van der Waals surface area contributed by atoms with Crippen molar-refractivity contribution in [3.05, 3.63) is 24.3 Å². The van der Waals surface area contributed by atoms with Crippen LogP contribution in [0.3, 0.4) is 0 Å². The third-order valence-electron chi connectivity index (χ3n) is 21.9. The van der Waals surface area contributed by atoms with Gasteiger partial charge in [0.05, 0.1) is 50.7 Å². The highest BCUT2D eigenvalue weighted by Gasteiger charge is 2.60. The van der Waals surface area contributed by atoms with Crippen LogP contribution in [0, 0.1) is 0 Å². The fraction of sp³-hybridized carbons (Fsp3) is 0.917. The van der Waals surface area contributed by atoms with Crippen LogP contribution in [0.25, 0.3) is 0 Å². The highest BCUT2D eigenvalue weighted by atomic mass is 16.8. The van der Waals surface area contributed by atoms with Crippen LogP contribution in [0.15, 0.2) is 24.3 Å². The first kappa shape index (κ1) is 98.4. The summed E-state index contributed by atoms with van der Waals surface area (Å²) in [6.07, 6.45) is 42.2. The quantitative estimate of drug-likeness (QED) is 0.0199. The van der Waals surface area contributed by atoms with E-state index in [2.05, 4.69) is 48.8 Å². The Morgan fingerprint density at radius 3 is 1.31 bits per heavy atom. The van der Waals surface area contributed by atoms with Crippen molar-refractivity contribution in [2.24, 2.45) is 0 Å². The Labute approximate surface area is 644 Å². The molecule has 3 aliphatic heterocycles. The molecule has 0 spiro atoms. The van der Waals surface area contributed by atoms with Crippen LogP contribution in [-0.2, 0) is 42.8 Å². The van der Waals surface area contributed by atoms with Crippen molar-refractivity contribution in [3.63, 3.8) is 0 Å². The van der Waals surface area contributed by atoms with Gasteiger partial charge in [0.1, 0.15) is 67.1 Å². The van der Waals surface area contributed by atoms with E-state index in [-0.39, 0.29) is 18.9 Å². The number of allylic oxidation sites excluding steroid dienone is 4. The largest absolute Gasteiger partial charge is 0.477 e.